The summed E-state index contributed by atoms with van der Waals surface area (Å²) in [4.78, 5) is 12.0. The van der Waals surface area contributed by atoms with E-state index in [2.05, 4.69) is 5.32 Å². The van der Waals surface area contributed by atoms with E-state index < -0.39 is 0 Å². The highest BCUT2D eigenvalue weighted by molar-refractivity contribution is 6.03. The fourth-order valence-corrected chi connectivity index (χ4v) is 1.67. The maximum Gasteiger partial charge on any atom is 0.291 e. The molecule has 17 heavy (non-hydrogen) atoms. The van der Waals surface area contributed by atoms with Gasteiger partial charge in [-0.15, -0.1) is 0 Å². The van der Waals surface area contributed by atoms with Gasteiger partial charge in [0.25, 0.3) is 5.91 Å². The SMILES string of the molecule is Cc1ccoc1C(=O)Nc1cccc(C)c1C. The van der Waals surface area contributed by atoms with Gasteiger partial charge in [-0.05, 0) is 44.0 Å². The monoisotopic (exact) mass is 229 g/mol. The van der Waals surface area contributed by atoms with Crippen molar-refractivity contribution in [1.82, 2.24) is 0 Å². The van der Waals surface area contributed by atoms with Gasteiger partial charge in [-0.2, -0.15) is 0 Å². The molecule has 0 unspecified atom stereocenters. The first kappa shape index (κ1) is 11.5. The Morgan fingerprint density at radius 3 is 2.53 bits per heavy atom. The summed E-state index contributed by atoms with van der Waals surface area (Å²) in [6, 6.07) is 7.60. The number of hydrogen-bond donors (Lipinski definition) is 1. The molecule has 0 spiro atoms. The van der Waals surface area contributed by atoms with Crippen molar-refractivity contribution >= 4 is 11.6 Å². The second kappa shape index (κ2) is 4.45. The molecule has 2 rings (SSSR count). The van der Waals surface area contributed by atoms with E-state index in [0.717, 1.165) is 22.4 Å². The average molecular weight is 229 g/mol. The topological polar surface area (TPSA) is 42.2 Å². The van der Waals surface area contributed by atoms with Crippen LogP contribution in [0.25, 0.3) is 0 Å². The van der Waals surface area contributed by atoms with Gasteiger partial charge in [0.1, 0.15) is 0 Å². The molecular weight excluding hydrogens is 214 g/mol. The molecule has 1 N–H and O–H groups in total. The van der Waals surface area contributed by atoms with Crippen LogP contribution < -0.4 is 5.32 Å². The third kappa shape index (κ3) is 2.23. The lowest BCUT2D eigenvalue weighted by atomic mass is 10.1. The predicted molar refractivity (Wildman–Crippen MR) is 67.3 cm³/mol. The smallest absolute Gasteiger partial charge is 0.291 e. The highest BCUT2D eigenvalue weighted by Crippen LogP contribution is 2.19. The Morgan fingerprint density at radius 2 is 1.88 bits per heavy atom. The van der Waals surface area contributed by atoms with Crippen molar-refractivity contribution in [2.45, 2.75) is 20.8 Å². The van der Waals surface area contributed by atoms with Gasteiger partial charge in [-0.1, -0.05) is 12.1 Å². The zero-order valence-electron chi connectivity index (χ0n) is 10.2. The summed E-state index contributed by atoms with van der Waals surface area (Å²) >= 11 is 0. The van der Waals surface area contributed by atoms with E-state index in [4.69, 9.17) is 4.42 Å². The van der Waals surface area contributed by atoms with Gasteiger partial charge < -0.3 is 9.73 Å². The first-order valence-corrected chi connectivity index (χ1v) is 5.51. The van der Waals surface area contributed by atoms with Crippen molar-refractivity contribution in [2.24, 2.45) is 0 Å². The number of carbonyl (C=O) groups excluding carboxylic acids is 1. The van der Waals surface area contributed by atoms with E-state index >= 15 is 0 Å². The summed E-state index contributed by atoms with van der Waals surface area (Å²) in [6.07, 6.45) is 1.52. The molecule has 0 saturated carbocycles. The van der Waals surface area contributed by atoms with Gasteiger partial charge in [0, 0.05) is 11.3 Å². The Bertz CT molecular complexity index is 555. The van der Waals surface area contributed by atoms with E-state index in [1.807, 2.05) is 39.0 Å². The highest BCUT2D eigenvalue weighted by atomic mass is 16.3. The van der Waals surface area contributed by atoms with E-state index in [-0.39, 0.29) is 5.91 Å². The fourth-order valence-electron chi connectivity index (χ4n) is 1.67. The van der Waals surface area contributed by atoms with E-state index in [1.54, 1.807) is 6.07 Å². The Hall–Kier alpha value is -2.03. The third-order valence-electron chi connectivity index (χ3n) is 2.92. The summed E-state index contributed by atoms with van der Waals surface area (Å²) in [5.74, 6) is 0.159. The molecule has 2 aromatic rings. The number of furan rings is 1. The largest absolute Gasteiger partial charge is 0.459 e. The van der Waals surface area contributed by atoms with Crippen molar-refractivity contribution in [3.8, 4) is 0 Å². The van der Waals surface area contributed by atoms with Crippen molar-refractivity contribution in [1.29, 1.82) is 0 Å². The van der Waals surface area contributed by atoms with Crippen molar-refractivity contribution in [3.63, 3.8) is 0 Å². The predicted octanol–water partition coefficient (Wildman–Crippen LogP) is 3.46. The minimum Gasteiger partial charge on any atom is -0.459 e. The van der Waals surface area contributed by atoms with Crippen molar-refractivity contribution in [3.05, 3.63) is 53.0 Å². The second-order valence-corrected chi connectivity index (χ2v) is 4.13. The Morgan fingerprint density at radius 1 is 1.12 bits per heavy atom. The first-order valence-electron chi connectivity index (χ1n) is 5.51. The summed E-state index contributed by atoms with van der Waals surface area (Å²) in [5.41, 5.74) is 3.89. The summed E-state index contributed by atoms with van der Waals surface area (Å²) in [7, 11) is 0. The van der Waals surface area contributed by atoms with Gasteiger partial charge >= 0.3 is 0 Å². The van der Waals surface area contributed by atoms with Gasteiger partial charge in [0.05, 0.1) is 6.26 Å². The second-order valence-electron chi connectivity index (χ2n) is 4.13. The lowest BCUT2D eigenvalue weighted by molar-refractivity contribution is 0.0996. The van der Waals surface area contributed by atoms with Crippen LogP contribution >= 0.6 is 0 Å². The minimum atomic E-state index is -0.207. The number of benzene rings is 1. The van der Waals surface area contributed by atoms with E-state index in [9.17, 15) is 4.79 Å². The van der Waals surface area contributed by atoms with Crippen LogP contribution in [-0.2, 0) is 0 Å². The molecule has 0 bridgehead atoms. The molecule has 3 nitrogen and oxygen atoms in total. The zero-order valence-corrected chi connectivity index (χ0v) is 10.2. The molecule has 3 heteroatoms. The number of rotatable bonds is 2. The highest BCUT2D eigenvalue weighted by Gasteiger charge is 2.13. The molecule has 0 saturated heterocycles. The van der Waals surface area contributed by atoms with Crippen LogP contribution in [0.15, 0.2) is 34.9 Å². The summed E-state index contributed by atoms with van der Waals surface area (Å²) < 4.78 is 5.16. The van der Waals surface area contributed by atoms with E-state index in [0.29, 0.717) is 5.76 Å². The van der Waals surface area contributed by atoms with Crippen LogP contribution in [-0.4, -0.2) is 5.91 Å². The van der Waals surface area contributed by atoms with Crippen LogP contribution in [0.1, 0.15) is 27.2 Å². The molecule has 1 aromatic heterocycles. The molecular formula is C14H15NO2. The van der Waals surface area contributed by atoms with Crippen LogP contribution in [0.2, 0.25) is 0 Å². The molecule has 1 aromatic carbocycles. The van der Waals surface area contributed by atoms with Gasteiger partial charge in [0.15, 0.2) is 5.76 Å². The van der Waals surface area contributed by atoms with Gasteiger partial charge in [-0.3, -0.25) is 4.79 Å². The average Bonchev–Trinajstić information content (AvgIpc) is 2.71. The molecule has 0 aliphatic rings. The third-order valence-corrected chi connectivity index (χ3v) is 2.92. The Kier molecular flexibility index (Phi) is 3.00. The van der Waals surface area contributed by atoms with Gasteiger partial charge in [-0.25, -0.2) is 0 Å². The summed E-state index contributed by atoms with van der Waals surface area (Å²) in [5, 5.41) is 2.86. The standard InChI is InChI=1S/C14H15NO2/c1-9-5-4-6-12(11(9)3)15-14(16)13-10(2)7-8-17-13/h4-8H,1-3H3,(H,15,16). The summed E-state index contributed by atoms with van der Waals surface area (Å²) in [6.45, 7) is 5.85. The molecule has 1 amide bonds. The number of hydrogen-bond acceptors (Lipinski definition) is 2. The zero-order chi connectivity index (χ0) is 12.4. The molecule has 1 heterocycles. The molecule has 0 radical (unpaired) electrons. The lowest BCUT2D eigenvalue weighted by Gasteiger charge is -2.09. The van der Waals surface area contributed by atoms with Crippen LogP contribution in [0.4, 0.5) is 5.69 Å². The Balaban J connectivity index is 2.25. The maximum absolute atomic E-state index is 12.0. The van der Waals surface area contributed by atoms with Crippen molar-refractivity contribution < 1.29 is 9.21 Å². The number of carbonyl (C=O) groups is 1. The first-order chi connectivity index (χ1) is 8.09. The molecule has 0 aliphatic carbocycles. The molecule has 0 atom stereocenters. The lowest BCUT2D eigenvalue weighted by Crippen LogP contribution is -2.13. The van der Waals surface area contributed by atoms with Crippen LogP contribution in [0.3, 0.4) is 0 Å². The number of nitrogens with one attached hydrogen (secondary N) is 1. The van der Waals surface area contributed by atoms with E-state index in [1.165, 1.54) is 6.26 Å². The number of amides is 1. The molecule has 88 valence electrons. The Labute approximate surface area is 100 Å². The van der Waals surface area contributed by atoms with Crippen molar-refractivity contribution in [2.75, 3.05) is 5.32 Å². The number of aryl methyl sites for hydroxylation is 2. The molecule has 0 aliphatic heterocycles. The maximum atomic E-state index is 12.0. The molecule has 0 fully saturated rings. The van der Waals surface area contributed by atoms with Gasteiger partial charge in [0.2, 0.25) is 0 Å². The fraction of sp³-hybridized carbons (Fsp3) is 0.214. The minimum absolute atomic E-state index is 0.207. The van der Waals surface area contributed by atoms with Crippen LogP contribution in [0, 0.1) is 20.8 Å². The van der Waals surface area contributed by atoms with Crippen LogP contribution in [0.5, 0.6) is 0 Å². The number of anilines is 1. The normalized spacial score (nSPS) is 10.3. The quantitative estimate of drug-likeness (QED) is 0.856.